The Morgan fingerprint density at radius 3 is 2.48 bits per heavy atom. The lowest BCUT2D eigenvalue weighted by Crippen LogP contribution is -2.39. The maximum absolute atomic E-state index is 12.8. The van der Waals surface area contributed by atoms with Gasteiger partial charge in [-0.25, -0.2) is 9.97 Å². The molecule has 0 saturated carbocycles. The Labute approximate surface area is 183 Å². The zero-order chi connectivity index (χ0) is 21.6. The fraction of sp³-hybridized carbons (Fsp3) is 0.320. The Morgan fingerprint density at radius 1 is 1.06 bits per heavy atom. The van der Waals surface area contributed by atoms with Gasteiger partial charge in [-0.05, 0) is 12.5 Å². The molecule has 0 radical (unpaired) electrons. The van der Waals surface area contributed by atoms with Crippen molar-refractivity contribution >= 4 is 11.7 Å². The Hall–Kier alpha value is -3.25. The first kappa shape index (κ1) is 21.0. The summed E-state index contributed by atoms with van der Waals surface area (Å²) < 4.78 is 5.67. The second-order valence-corrected chi connectivity index (χ2v) is 7.72. The van der Waals surface area contributed by atoms with Gasteiger partial charge in [-0.2, -0.15) is 0 Å². The topological polar surface area (TPSA) is 58.6 Å². The van der Waals surface area contributed by atoms with Crippen LogP contribution in [0.1, 0.15) is 23.7 Å². The number of hydrogen-bond acceptors (Lipinski definition) is 5. The number of carbonyl (C=O) groups is 1. The molecule has 0 saturated heterocycles. The summed E-state index contributed by atoms with van der Waals surface area (Å²) in [7, 11) is 2.03. The number of hydrogen-bond donors (Lipinski definition) is 0. The molecule has 0 spiro atoms. The maximum Gasteiger partial charge on any atom is 0.248 e. The van der Waals surface area contributed by atoms with E-state index in [1.165, 1.54) is 0 Å². The first-order valence-corrected chi connectivity index (χ1v) is 10.7. The molecule has 1 amide bonds. The second-order valence-electron chi connectivity index (χ2n) is 7.72. The normalized spacial score (nSPS) is 13.0. The highest BCUT2D eigenvalue weighted by molar-refractivity contribution is 5.78. The minimum atomic E-state index is -0.00109. The van der Waals surface area contributed by atoms with Gasteiger partial charge in [-0.1, -0.05) is 60.7 Å². The molecule has 0 aliphatic carbocycles. The van der Waals surface area contributed by atoms with E-state index in [9.17, 15) is 4.79 Å². The van der Waals surface area contributed by atoms with Gasteiger partial charge in [0.05, 0.1) is 18.8 Å². The largest absolute Gasteiger partial charge is 0.367 e. The lowest BCUT2D eigenvalue weighted by atomic mass is 10.0. The molecule has 3 aromatic rings. The molecular weight excluding hydrogens is 388 g/mol. The van der Waals surface area contributed by atoms with E-state index in [1.807, 2.05) is 72.6 Å². The summed E-state index contributed by atoms with van der Waals surface area (Å²) in [5.74, 6) is 1.63. The molecule has 1 aliphatic heterocycles. The highest BCUT2D eigenvalue weighted by atomic mass is 16.5. The van der Waals surface area contributed by atoms with Gasteiger partial charge in [-0.3, -0.25) is 4.79 Å². The molecule has 2 heterocycles. The molecule has 160 valence electrons. The third-order valence-electron chi connectivity index (χ3n) is 5.60. The van der Waals surface area contributed by atoms with Crippen LogP contribution in [0, 0.1) is 0 Å². The van der Waals surface area contributed by atoms with Gasteiger partial charge in [0.25, 0.3) is 0 Å². The lowest BCUT2D eigenvalue weighted by Gasteiger charge is -2.31. The van der Waals surface area contributed by atoms with E-state index < -0.39 is 0 Å². The minimum Gasteiger partial charge on any atom is -0.367 e. The summed E-state index contributed by atoms with van der Waals surface area (Å²) in [5.41, 5.74) is 4.13. The van der Waals surface area contributed by atoms with Crippen molar-refractivity contribution in [2.24, 2.45) is 0 Å². The van der Waals surface area contributed by atoms with Crippen LogP contribution in [0.25, 0.3) is 11.4 Å². The summed E-state index contributed by atoms with van der Waals surface area (Å²) in [6, 6.07) is 19.9. The van der Waals surface area contributed by atoms with Crippen molar-refractivity contribution in [3.05, 3.63) is 77.5 Å². The molecule has 0 unspecified atom stereocenters. The van der Waals surface area contributed by atoms with Crippen molar-refractivity contribution in [1.82, 2.24) is 14.9 Å². The van der Waals surface area contributed by atoms with E-state index in [4.69, 9.17) is 14.7 Å². The molecule has 2 aromatic carbocycles. The molecule has 6 nitrogen and oxygen atoms in total. The fourth-order valence-electron chi connectivity index (χ4n) is 3.71. The lowest BCUT2D eigenvalue weighted by molar-refractivity contribution is -0.137. The van der Waals surface area contributed by atoms with Crippen molar-refractivity contribution in [3.63, 3.8) is 0 Å². The quantitative estimate of drug-likeness (QED) is 0.588. The predicted molar refractivity (Wildman–Crippen MR) is 122 cm³/mol. The van der Waals surface area contributed by atoms with Crippen LogP contribution in [0.2, 0.25) is 0 Å². The van der Waals surface area contributed by atoms with E-state index in [-0.39, 0.29) is 12.5 Å². The zero-order valence-corrected chi connectivity index (χ0v) is 18.1. The number of benzene rings is 2. The number of amides is 1. The third kappa shape index (κ3) is 4.91. The van der Waals surface area contributed by atoms with Crippen molar-refractivity contribution < 1.29 is 9.53 Å². The average Bonchev–Trinajstić information content (AvgIpc) is 2.83. The van der Waals surface area contributed by atoms with Crippen molar-refractivity contribution in [2.45, 2.75) is 26.5 Å². The number of nitrogens with zero attached hydrogens (tertiary/aromatic N) is 4. The second kappa shape index (κ2) is 9.71. The van der Waals surface area contributed by atoms with Gasteiger partial charge < -0.3 is 14.5 Å². The van der Waals surface area contributed by atoms with Crippen LogP contribution in [0.15, 0.2) is 60.7 Å². The summed E-state index contributed by atoms with van der Waals surface area (Å²) >= 11 is 0. The van der Waals surface area contributed by atoms with Crippen LogP contribution in [-0.2, 0) is 29.1 Å². The maximum atomic E-state index is 12.8. The molecule has 1 aliphatic rings. The first-order valence-electron chi connectivity index (χ1n) is 10.7. The van der Waals surface area contributed by atoms with Crippen LogP contribution in [0.3, 0.4) is 0 Å². The Kier molecular flexibility index (Phi) is 6.57. The molecule has 1 aromatic heterocycles. The fourth-order valence-corrected chi connectivity index (χ4v) is 3.71. The smallest absolute Gasteiger partial charge is 0.248 e. The van der Waals surface area contributed by atoms with Gasteiger partial charge >= 0.3 is 0 Å². The monoisotopic (exact) mass is 416 g/mol. The number of ether oxygens (including phenoxy) is 1. The SMILES string of the molecule is CCN(C)c1nc(-c2ccccc2)nc2c1CN(C(=O)COCc1ccccc1)CC2. The van der Waals surface area contributed by atoms with Gasteiger partial charge in [0.2, 0.25) is 5.91 Å². The molecule has 0 N–H and O–H groups in total. The van der Waals surface area contributed by atoms with Crippen molar-refractivity contribution in [2.75, 3.05) is 31.6 Å². The molecule has 6 heteroatoms. The van der Waals surface area contributed by atoms with E-state index in [1.54, 1.807) is 0 Å². The predicted octanol–water partition coefficient (Wildman–Crippen LogP) is 3.70. The number of anilines is 1. The van der Waals surface area contributed by atoms with Gasteiger partial charge in [-0.15, -0.1) is 0 Å². The van der Waals surface area contributed by atoms with E-state index >= 15 is 0 Å². The molecule has 0 fully saturated rings. The molecule has 4 rings (SSSR count). The van der Waals surface area contributed by atoms with Crippen LogP contribution >= 0.6 is 0 Å². The Bertz CT molecular complexity index is 1020. The van der Waals surface area contributed by atoms with Gasteiger partial charge in [0.15, 0.2) is 5.82 Å². The van der Waals surface area contributed by atoms with E-state index in [0.29, 0.717) is 26.1 Å². The molecule has 31 heavy (non-hydrogen) atoms. The summed E-state index contributed by atoms with van der Waals surface area (Å²) in [6.07, 6.45) is 0.715. The minimum absolute atomic E-state index is 0.00109. The summed E-state index contributed by atoms with van der Waals surface area (Å²) in [5, 5.41) is 0. The molecular formula is C25H28N4O2. The standard InChI is InChI=1S/C25H28N4O2/c1-3-28(2)25-21-16-29(23(30)18-31-17-19-10-6-4-7-11-19)15-14-22(21)26-24(27-25)20-12-8-5-9-13-20/h4-13H,3,14-18H2,1-2H3. The highest BCUT2D eigenvalue weighted by Gasteiger charge is 2.26. The van der Waals surface area contributed by atoms with Crippen LogP contribution in [-0.4, -0.2) is 47.5 Å². The van der Waals surface area contributed by atoms with Crippen molar-refractivity contribution in [1.29, 1.82) is 0 Å². The van der Waals surface area contributed by atoms with Crippen molar-refractivity contribution in [3.8, 4) is 11.4 Å². The Morgan fingerprint density at radius 2 is 1.77 bits per heavy atom. The zero-order valence-electron chi connectivity index (χ0n) is 18.1. The first-order chi connectivity index (χ1) is 15.2. The number of aromatic nitrogens is 2. The number of fused-ring (bicyclic) bond motifs is 1. The number of rotatable bonds is 7. The van der Waals surface area contributed by atoms with Crippen LogP contribution in [0.5, 0.6) is 0 Å². The average molecular weight is 417 g/mol. The Balaban J connectivity index is 1.50. The van der Waals surface area contributed by atoms with Crippen LogP contribution in [0.4, 0.5) is 5.82 Å². The molecule has 0 bridgehead atoms. The third-order valence-corrected chi connectivity index (χ3v) is 5.60. The van der Waals surface area contributed by atoms with Crippen LogP contribution < -0.4 is 4.90 Å². The van der Waals surface area contributed by atoms with E-state index in [2.05, 4.69) is 11.8 Å². The summed E-state index contributed by atoms with van der Waals surface area (Å²) in [6.45, 7) is 4.58. The summed E-state index contributed by atoms with van der Waals surface area (Å²) in [4.78, 5) is 26.5. The highest BCUT2D eigenvalue weighted by Crippen LogP contribution is 2.29. The van der Waals surface area contributed by atoms with Gasteiger partial charge in [0.1, 0.15) is 12.4 Å². The molecule has 0 atom stereocenters. The van der Waals surface area contributed by atoms with Gasteiger partial charge in [0, 0.05) is 37.7 Å². The number of carbonyl (C=O) groups excluding carboxylic acids is 1. The van der Waals surface area contributed by atoms with E-state index in [0.717, 1.165) is 40.6 Å².